The summed E-state index contributed by atoms with van der Waals surface area (Å²) in [7, 11) is 0. The first-order valence-electron chi connectivity index (χ1n) is 6.65. The van der Waals surface area contributed by atoms with Crippen molar-refractivity contribution >= 4 is 17.6 Å². The van der Waals surface area contributed by atoms with Gasteiger partial charge in [0.25, 0.3) is 0 Å². The number of ketones is 1. The Morgan fingerprint density at radius 3 is 2.36 bits per heavy atom. The molecular weight excluding hydrogens is 278 g/mol. The van der Waals surface area contributed by atoms with Crippen molar-refractivity contribution in [3.63, 3.8) is 0 Å². The van der Waals surface area contributed by atoms with Crippen LogP contribution in [0.1, 0.15) is 35.8 Å². The number of aryl methyl sites for hydroxylation is 1. The molecule has 116 valence electrons. The smallest absolute Gasteiger partial charge is 0.411 e. The van der Waals surface area contributed by atoms with Crippen LogP contribution in [0.15, 0.2) is 48.5 Å². The van der Waals surface area contributed by atoms with Gasteiger partial charge in [0.1, 0.15) is 6.61 Å². The molecule has 0 radical (unpaired) electrons. The van der Waals surface area contributed by atoms with Crippen LogP contribution in [0.4, 0.5) is 10.5 Å². The predicted octanol–water partition coefficient (Wildman–Crippen LogP) is 4.58. The second kappa shape index (κ2) is 7.98. The van der Waals surface area contributed by atoms with Gasteiger partial charge in [0, 0.05) is 11.3 Å². The van der Waals surface area contributed by atoms with E-state index in [9.17, 15) is 9.59 Å². The van der Waals surface area contributed by atoms with Crippen LogP contribution in [0.5, 0.6) is 0 Å². The Bertz CT molecular complexity index is 651. The summed E-state index contributed by atoms with van der Waals surface area (Å²) in [6.07, 6.45) is -0.520. The van der Waals surface area contributed by atoms with Gasteiger partial charge in [-0.25, -0.2) is 4.79 Å². The van der Waals surface area contributed by atoms with Crippen LogP contribution >= 0.6 is 0 Å². The van der Waals surface area contributed by atoms with Gasteiger partial charge in [0.05, 0.1) is 0 Å². The van der Waals surface area contributed by atoms with Crippen molar-refractivity contribution in [1.82, 2.24) is 0 Å². The van der Waals surface area contributed by atoms with Gasteiger partial charge in [0.15, 0.2) is 5.78 Å². The minimum Gasteiger partial charge on any atom is -0.444 e. The first-order valence-corrected chi connectivity index (χ1v) is 6.65. The van der Waals surface area contributed by atoms with E-state index in [1.54, 1.807) is 18.2 Å². The lowest BCUT2D eigenvalue weighted by Crippen LogP contribution is -2.13. The molecule has 0 heterocycles. The highest BCUT2D eigenvalue weighted by atomic mass is 16.5. The summed E-state index contributed by atoms with van der Waals surface area (Å²) in [5, 5.41) is 2.65. The maximum atomic E-state index is 11.7. The average Bonchev–Trinajstić information content (AvgIpc) is 2.46. The summed E-state index contributed by atoms with van der Waals surface area (Å²) >= 11 is 0. The average molecular weight is 299 g/mol. The molecule has 0 aliphatic rings. The van der Waals surface area contributed by atoms with Gasteiger partial charge >= 0.3 is 6.09 Å². The largest absolute Gasteiger partial charge is 0.444 e. The molecule has 22 heavy (non-hydrogen) atoms. The van der Waals surface area contributed by atoms with Crippen LogP contribution in [0, 0.1) is 6.92 Å². The number of benzene rings is 2. The second-order valence-corrected chi connectivity index (χ2v) is 4.77. The third-order valence-electron chi connectivity index (χ3n) is 3.06. The molecule has 0 bridgehead atoms. The fraction of sp³-hybridized carbons (Fsp3) is 0.222. The standard InChI is InChI=1S/C17H17NO3.CH4/c1-12-10-15(8-9-16(12)13(2)19)18-17(20)21-11-14-6-4-3-5-7-14;/h3-10H,11H2,1-2H3,(H,18,20);1H4. The van der Waals surface area contributed by atoms with E-state index in [-0.39, 0.29) is 19.8 Å². The maximum Gasteiger partial charge on any atom is 0.411 e. The van der Waals surface area contributed by atoms with E-state index in [0.29, 0.717) is 11.3 Å². The number of hydrogen-bond donors (Lipinski definition) is 1. The molecule has 0 aliphatic carbocycles. The van der Waals surface area contributed by atoms with Gasteiger partial charge in [-0.2, -0.15) is 0 Å². The minimum absolute atomic E-state index is 0. The number of hydrogen-bond acceptors (Lipinski definition) is 3. The Balaban J connectivity index is 0.00000242. The van der Waals surface area contributed by atoms with Crippen LogP contribution in [0.2, 0.25) is 0 Å². The number of rotatable bonds is 4. The third-order valence-corrected chi connectivity index (χ3v) is 3.06. The Hall–Kier alpha value is -2.62. The van der Waals surface area contributed by atoms with Crippen molar-refractivity contribution < 1.29 is 14.3 Å². The molecule has 0 saturated heterocycles. The van der Waals surface area contributed by atoms with Gasteiger partial charge in [0.2, 0.25) is 0 Å². The van der Waals surface area contributed by atoms with Crippen molar-refractivity contribution in [3.05, 3.63) is 65.2 Å². The van der Waals surface area contributed by atoms with Crippen molar-refractivity contribution in [2.75, 3.05) is 5.32 Å². The summed E-state index contributed by atoms with van der Waals surface area (Å²) in [5.41, 5.74) is 3.01. The number of Topliss-reactive ketones (excluding diaryl/α,β-unsaturated/α-hetero) is 1. The van der Waals surface area contributed by atoms with Gasteiger partial charge in [-0.3, -0.25) is 10.1 Å². The van der Waals surface area contributed by atoms with E-state index in [1.165, 1.54) is 6.92 Å². The quantitative estimate of drug-likeness (QED) is 0.840. The molecule has 2 aromatic rings. The van der Waals surface area contributed by atoms with Crippen molar-refractivity contribution in [3.8, 4) is 0 Å². The highest BCUT2D eigenvalue weighted by molar-refractivity contribution is 5.96. The fourth-order valence-corrected chi connectivity index (χ4v) is 2.01. The predicted molar refractivity (Wildman–Crippen MR) is 88.2 cm³/mol. The highest BCUT2D eigenvalue weighted by Gasteiger charge is 2.07. The molecule has 0 atom stereocenters. The molecule has 0 spiro atoms. The molecule has 1 amide bonds. The lowest BCUT2D eigenvalue weighted by Gasteiger charge is -2.09. The van der Waals surface area contributed by atoms with E-state index >= 15 is 0 Å². The van der Waals surface area contributed by atoms with Crippen molar-refractivity contribution in [2.45, 2.75) is 27.9 Å². The zero-order valence-corrected chi connectivity index (χ0v) is 12.1. The third kappa shape index (κ3) is 4.74. The van der Waals surface area contributed by atoms with Crippen LogP contribution < -0.4 is 5.32 Å². The van der Waals surface area contributed by atoms with Crippen molar-refractivity contribution in [2.24, 2.45) is 0 Å². The summed E-state index contributed by atoms with van der Waals surface area (Å²) in [5.74, 6) is 0.00528. The topological polar surface area (TPSA) is 55.4 Å². The number of anilines is 1. The molecule has 1 N–H and O–H groups in total. The molecule has 0 saturated carbocycles. The zero-order valence-electron chi connectivity index (χ0n) is 12.1. The summed E-state index contributed by atoms with van der Waals surface area (Å²) in [4.78, 5) is 23.1. The molecule has 2 aromatic carbocycles. The summed E-state index contributed by atoms with van der Waals surface area (Å²) in [6, 6.07) is 14.6. The monoisotopic (exact) mass is 299 g/mol. The maximum absolute atomic E-state index is 11.7. The number of ether oxygens (including phenoxy) is 1. The highest BCUT2D eigenvalue weighted by Crippen LogP contribution is 2.16. The normalized spacial score (nSPS) is 9.55. The lowest BCUT2D eigenvalue weighted by atomic mass is 10.1. The summed E-state index contributed by atoms with van der Waals surface area (Å²) < 4.78 is 5.13. The Morgan fingerprint density at radius 2 is 1.77 bits per heavy atom. The number of carbonyl (C=O) groups is 2. The Labute approximate surface area is 131 Å². The molecule has 0 fully saturated rings. The zero-order chi connectivity index (χ0) is 15.2. The molecular formula is C18H21NO3. The molecule has 0 unspecified atom stereocenters. The molecule has 2 rings (SSSR count). The van der Waals surface area contributed by atoms with Gasteiger partial charge in [-0.1, -0.05) is 37.8 Å². The van der Waals surface area contributed by atoms with Crippen LogP contribution in [0.3, 0.4) is 0 Å². The second-order valence-electron chi connectivity index (χ2n) is 4.77. The molecule has 4 nitrogen and oxygen atoms in total. The first-order chi connectivity index (χ1) is 10.1. The molecule has 0 aromatic heterocycles. The van der Waals surface area contributed by atoms with E-state index < -0.39 is 6.09 Å². The van der Waals surface area contributed by atoms with Crippen LogP contribution in [0.25, 0.3) is 0 Å². The number of nitrogens with one attached hydrogen (secondary N) is 1. The SMILES string of the molecule is C.CC(=O)c1ccc(NC(=O)OCc2ccccc2)cc1C. The van der Waals surface area contributed by atoms with E-state index in [1.807, 2.05) is 37.3 Å². The van der Waals surface area contributed by atoms with Crippen LogP contribution in [-0.4, -0.2) is 11.9 Å². The van der Waals surface area contributed by atoms with Crippen LogP contribution in [-0.2, 0) is 11.3 Å². The Kier molecular flexibility index (Phi) is 6.32. The summed E-state index contributed by atoms with van der Waals surface area (Å²) in [6.45, 7) is 3.57. The van der Waals surface area contributed by atoms with E-state index in [0.717, 1.165) is 11.1 Å². The van der Waals surface area contributed by atoms with Gasteiger partial charge in [-0.05, 0) is 43.2 Å². The van der Waals surface area contributed by atoms with Crippen molar-refractivity contribution in [1.29, 1.82) is 0 Å². The molecule has 4 heteroatoms. The van der Waals surface area contributed by atoms with E-state index in [4.69, 9.17) is 4.74 Å². The lowest BCUT2D eigenvalue weighted by molar-refractivity contribution is 0.101. The first kappa shape index (κ1) is 17.4. The van der Waals surface area contributed by atoms with E-state index in [2.05, 4.69) is 5.32 Å². The Morgan fingerprint density at radius 1 is 1.09 bits per heavy atom. The number of carbonyl (C=O) groups excluding carboxylic acids is 2. The van der Waals surface area contributed by atoms with Gasteiger partial charge in [-0.15, -0.1) is 0 Å². The number of amides is 1. The molecule has 0 aliphatic heterocycles. The fourth-order valence-electron chi connectivity index (χ4n) is 2.01. The minimum atomic E-state index is -0.520. The van der Waals surface area contributed by atoms with Gasteiger partial charge < -0.3 is 4.74 Å².